The van der Waals surface area contributed by atoms with E-state index in [2.05, 4.69) is 96.3 Å². The Bertz CT molecular complexity index is 1210. The molecule has 1 aromatic heterocycles. The van der Waals surface area contributed by atoms with Crippen molar-refractivity contribution >= 4 is 10.9 Å². The molecule has 0 saturated carbocycles. The van der Waals surface area contributed by atoms with Crippen molar-refractivity contribution in [3.8, 4) is 22.4 Å². The van der Waals surface area contributed by atoms with Gasteiger partial charge in [0.15, 0.2) is 0 Å². The molecule has 3 heteroatoms. The molecule has 0 spiro atoms. The van der Waals surface area contributed by atoms with Gasteiger partial charge >= 0.3 is 0 Å². The first-order valence-electron chi connectivity index (χ1n) is 11.5. The summed E-state index contributed by atoms with van der Waals surface area (Å²) < 4.78 is 2.29. The second-order valence-corrected chi connectivity index (χ2v) is 8.54. The van der Waals surface area contributed by atoms with Crippen LogP contribution in [-0.4, -0.2) is 40.3 Å². The topological polar surface area (TPSA) is 28.4 Å². The maximum Gasteiger partial charge on any atom is 0.0846 e. The van der Waals surface area contributed by atoms with E-state index < -0.39 is 6.10 Å². The van der Waals surface area contributed by atoms with E-state index in [0.29, 0.717) is 13.1 Å². The van der Waals surface area contributed by atoms with Crippen LogP contribution in [0.25, 0.3) is 33.3 Å². The van der Waals surface area contributed by atoms with E-state index >= 15 is 0 Å². The van der Waals surface area contributed by atoms with Gasteiger partial charge < -0.3 is 9.67 Å². The molecule has 4 aromatic rings. The third-order valence-electron chi connectivity index (χ3n) is 5.97. The number of rotatable bonds is 10. The van der Waals surface area contributed by atoms with E-state index in [9.17, 15) is 5.11 Å². The Morgan fingerprint density at radius 3 is 2.09 bits per heavy atom. The van der Waals surface area contributed by atoms with Crippen LogP contribution in [0, 0.1) is 6.92 Å². The van der Waals surface area contributed by atoms with E-state index in [1.807, 2.05) is 24.3 Å². The summed E-state index contributed by atoms with van der Waals surface area (Å²) >= 11 is 0. The van der Waals surface area contributed by atoms with Gasteiger partial charge in [0.25, 0.3) is 0 Å². The Morgan fingerprint density at radius 2 is 1.48 bits per heavy atom. The fraction of sp³-hybridized carbons (Fsp3) is 0.200. The van der Waals surface area contributed by atoms with E-state index in [1.165, 1.54) is 22.1 Å². The molecule has 0 unspecified atom stereocenters. The van der Waals surface area contributed by atoms with Crippen molar-refractivity contribution < 1.29 is 5.11 Å². The standard InChI is InChI=1S/C30H32N2O/c1-4-18-31(19-5-2)21-26(33)22-32-28-17-16-23(3)20-27(28)29(24-12-8-6-9-13-24)30(32)25-14-10-7-11-15-25/h4-17,20,26,33H,1-2,18-19,21-22H2,3H3/t26-/m1/s1. The molecule has 0 fully saturated rings. The first-order chi connectivity index (χ1) is 16.1. The number of nitrogens with zero attached hydrogens (tertiary/aromatic N) is 2. The molecule has 0 saturated heterocycles. The first kappa shape index (κ1) is 22.8. The van der Waals surface area contributed by atoms with Crippen LogP contribution >= 0.6 is 0 Å². The monoisotopic (exact) mass is 436 g/mol. The van der Waals surface area contributed by atoms with Crippen LogP contribution in [0.15, 0.2) is 104 Å². The number of hydrogen-bond donors (Lipinski definition) is 1. The SMILES string of the molecule is C=CCN(CC=C)C[C@@H](O)Cn1c(-c2ccccc2)c(-c2ccccc2)c2cc(C)ccc21. The van der Waals surface area contributed by atoms with Gasteiger partial charge in [0.1, 0.15) is 0 Å². The van der Waals surface area contributed by atoms with Gasteiger partial charge in [-0.1, -0.05) is 84.4 Å². The largest absolute Gasteiger partial charge is 0.390 e. The Morgan fingerprint density at radius 1 is 0.879 bits per heavy atom. The lowest BCUT2D eigenvalue weighted by molar-refractivity contribution is 0.110. The van der Waals surface area contributed by atoms with Crippen LogP contribution in [0.3, 0.4) is 0 Å². The van der Waals surface area contributed by atoms with E-state index in [-0.39, 0.29) is 0 Å². The fourth-order valence-electron chi connectivity index (χ4n) is 4.61. The summed E-state index contributed by atoms with van der Waals surface area (Å²) in [6.07, 6.45) is 3.20. The van der Waals surface area contributed by atoms with Gasteiger partial charge in [-0.2, -0.15) is 0 Å². The molecule has 0 bridgehead atoms. The van der Waals surface area contributed by atoms with Crippen LogP contribution in [0.1, 0.15) is 5.56 Å². The number of hydrogen-bond acceptors (Lipinski definition) is 2. The first-order valence-corrected chi connectivity index (χ1v) is 11.5. The average Bonchev–Trinajstić information content (AvgIpc) is 3.13. The molecule has 0 radical (unpaired) electrons. The summed E-state index contributed by atoms with van der Waals surface area (Å²) in [6.45, 7) is 12.3. The van der Waals surface area contributed by atoms with Crippen molar-refractivity contribution in [2.75, 3.05) is 19.6 Å². The number of fused-ring (bicyclic) bond motifs is 1. The summed E-state index contributed by atoms with van der Waals surface area (Å²) in [5.74, 6) is 0. The lowest BCUT2D eigenvalue weighted by atomic mass is 9.98. The highest BCUT2D eigenvalue weighted by Gasteiger charge is 2.22. The van der Waals surface area contributed by atoms with E-state index in [0.717, 1.165) is 29.9 Å². The van der Waals surface area contributed by atoms with Crippen molar-refractivity contribution in [1.82, 2.24) is 9.47 Å². The van der Waals surface area contributed by atoms with Gasteiger partial charge in [-0.3, -0.25) is 4.90 Å². The Hall–Kier alpha value is -3.40. The van der Waals surface area contributed by atoms with Gasteiger partial charge in [0.05, 0.1) is 18.3 Å². The maximum atomic E-state index is 11.2. The van der Waals surface area contributed by atoms with Crippen LogP contribution in [-0.2, 0) is 6.54 Å². The van der Waals surface area contributed by atoms with Crippen molar-refractivity contribution in [2.45, 2.75) is 19.6 Å². The second-order valence-electron chi connectivity index (χ2n) is 8.54. The predicted octanol–water partition coefficient (Wildman–Crippen LogP) is 6.32. The minimum atomic E-state index is -0.534. The molecule has 33 heavy (non-hydrogen) atoms. The van der Waals surface area contributed by atoms with E-state index in [4.69, 9.17) is 0 Å². The molecular formula is C30H32N2O. The predicted molar refractivity (Wildman–Crippen MR) is 140 cm³/mol. The number of benzene rings is 3. The lowest BCUT2D eigenvalue weighted by Gasteiger charge is -2.24. The third-order valence-corrected chi connectivity index (χ3v) is 5.97. The molecule has 168 valence electrons. The van der Waals surface area contributed by atoms with Crippen LogP contribution in [0.2, 0.25) is 0 Å². The normalized spacial score (nSPS) is 12.2. The summed E-state index contributed by atoms with van der Waals surface area (Å²) in [4.78, 5) is 2.15. The molecule has 1 atom stereocenters. The number of aliphatic hydroxyl groups excluding tert-OH is 1. The summed E-state index contributed by atoms with van der Waals surface area (Å²) in [7, 11) is 0. The Balaban J connectivity index is 1.88. The van der Waals surface area contributed by atoms with E-state index in [1.54, 1.807) is 0 Å². The number of aliphatic hydroxyl groups is 1. The van der Waals surface area contributed by atoms with Crippen molar-refractivity contribution in [3.63, 3.8) is 0 Å². The molecule has 0 aliphatic rings. The highest BCUT2D eigenvalue weighted by atomic mass is 16.3. The van der Waals surface area contributed by atoms with Crippen molar-refractivity contribution in [2.24, 2.45) is 0 Å². The van der Waals surface area contributed by atoms with Gasteiger partial charge in [-0.05, 0) is 30.2 Å². The van der Waals surface area contributed by atoms with Gasteiger partial charge in [0.2, 0.25) is 0 Å². The van der Waals surface area contributed by atoms with Crippen LogP contribution in [0.5, 0.6) is 0 Å². The molecule has 0 aliphatic heterocycles. The fourth-order valence-corrected chi connectivity index (χ4v) is 4.61. The highest BCUT2D eigenvalue weighted by Crippen LogP contribution is 2.41. The molecule has 3 aromatic carbocycles. The summed E-state index contributed by atoms with van der Waals surface area (Å²) in [5, 5.41) is 12.4. The molecule has 1 N–H and O–H groups in total. The molecule has 1 heterocycles. The van der Waals surface area contributed by atoms with Crippen LogP contribution < -0.4 is 0 Å². The minimum Gasteiger partial charge on any atom is -0.390 e. The number of aryl methyl sites for hydroxylation is 1. The third kappa shape index (κ3) is 5.00. The zero-order valence-electron chi connectivity index (χ0n) is 19.3. The minimum absolute atomic E-state index is 0.501. The second kappa shape index (κ2) is 10.5. The molecule has 3 nitrogen and oxygen atoms in total. The van der Waals surface area contributed by atoms with Crippen molar-refractivity contribution in [1.29, 1.82) is 0 Å². The van der Waals surface area contributed by atoms with Crippen molar-refractivity contribution in [3.05, 3.63) is 110 Å². The van der Waals surface area contributed by atoms with Gasteiger partial charge in [-0.15, -0.1) is 13.2 Å². The van der Waals surface area contributed by atoms with Gasteiger partial charge in [-0.25, -0.2) is 0 Å². The Kier molecular flexibility index (Phi) is 7.23. The maximum absolute atomic E-state index is 11.2. The summed E-state index contributed by atoms with van der Waals surface area (Å²) in [5.41, 5.74) is 7.03. The quantitative estimate of drug-likeness (QED) is 0.295. The zero-order valence-corrected chi connectivity index (χ0v) is 19.3. The van der Waals surface area contributed by atoms with Crippen LogP contribution in [0.4, 0.5) is 0 Å². The smallest absolute Gasteiger partial charge is 0.0846 e. The zero-order chi connectivity index (χ0) is 23.2. The molecule has 4 rings (SSSR count). The molecule has 0 aliphatic carbocycles. The average molecular weight is 437 g/mol. The van der Waals surface area contributed by atoms with Gasteiger partial charge in [0, 0.05) is 36.1 Å². The molecule has 0 amide bonds. The molecular weight excluding hydrogens is 404 g/mol. The highest BCUT2D eigenvalue weighted by molar-refractivity contribution is 6.04. The lowest BCUT2D eigenvalue weighted by Crippen LogP contribution is -2.35. The number of aromatic nitrogens is 1. The summed E-state index contributed by atoms with van der Waals surface area (Å²) in [6, 6.07) is 27.6. The Labute approximate surface area is 196 Å².